The predicted octanol–water partition coefficient (Wildman–Crippen LogP) is 3.01. The Hall–Kier alpha value is -3.06. The summed E-state index contributed by atoms with van der Waals surface area (Å²) in [5.41, 5.74) is 9.99. The van der Waals surface area contributed by atoms with Gasteiger partial charge in [-0.25, -0.2) is 0 Å². The number of carboxylic acids is 1. The Bertz CT molecular complexity index is 890. The van der Waals surface area contributed by atoms with E-state index in [0.717, 1.165) is 22.3 Å². The van der Waals surface area contributed by atoms with E-state index in [-0.39, 0.29) is 11.8 Å². The lowest BCUT2D eigenvalue weighted by atomic mass is 9.79. The van der Waals surface area contributed by atoms with Gasteiger partial charge in [0.2, 0.25) is 0 Å². The Kier molecular flexibility index (Phi) is 6.16. The van der Waals surface area contributed by atoms with Crippen LogP contribution in [-0.4, -0.2) is 31.7 Å². The number of aliphatic carboxylic acids is 1. The minimum Gasteiger partial charge on any atom is -0.481 e. The van der Waals surface area contributed by atoms with Gasteiger partial charge in [0.1, 0.15) is 0 Å². The smallest absolute Gasteiger partial charge is 0.307 e. The Labute approximate surface area is 164 Å². The molecule has 1 heterocycles. The van der Waals surface area contributed by atoms with E-state index in [2.05, 4.69) is 32.8 Å². The number of hydrogen-bond acceptors (Lipinski definition) is 5. The number of carboxylic acid groups (broad SMARTS) is 1. The van der Waals surface area contributed by atoms with E-state index in [9.17, 15) is 9.90 Å². The van der Waals surface area contributed by atoms with Gasteiger partial charge >= 0.3 is 5.97 Å². The number of nitrogens with zero attached hydrogens (tertiary/aromatic N) is 3. The number of aromatic amines is 1. The molecule has 28 heavy (non-hydrogen) atoms. The molecule has 4 N–H and O–H groups in total. The van der Waals surface area contributed by atoms with E-state index in [1.807, 2.05) is 50.2 Å². The van der Waals surface area contributed by atoms with Crippen molar-refractivity contribution < 1.29 is 9.90 Å². The summed E-state index contributed by atoms with van der Waals surface area (Å²) in [5.74, 6) is -1.42. The number of aromatic nitrogens is 4. The zero-order valence-electron chi connectivity index (χ0n) is 16.0. The molecule has 0 aliphatic carbocycles. The predicted molar refractivity (Wildman–Crippen MR) is 106 cm³/mol. The van der Waals surface area contributed by atoms with Crippen molar-refractivity contribution in [2.24, 2.45) is 17.6 Å². The maximum absolute atomic E-state index is 11.9. The molecule has 146 valence electrons. The van der Waals surface area contributed by atoms with Gasteiger partial charge in [-0.1, -0.05) is 67.6 Å². The molecule has 1 aromatic heterocycles. The maximum atomic E-state index is 11.9. The summed E-state index contributed by atoms with van der Waals surface area (Å²) in [7, 11) is 0. The Morgan fingerprint density at radius 1 is 1.04 bits per heavy atom. The highest BCUT2D eigenvalue weighted by Crippen LogP contribution is 2.32. The monoisotopic (exact) mass is 379 g/mol. The van der Waals surface area contributed by atoms with Crippen LogP contribution >= 0.6 is 0 Å². The second-order valence-electron chi connectivity index (χ2n) is 7.29. The fourth-order valence-electron chi connectivity index (χ4n) is 3.55. The van der Waals surface area contributed by atoms with Gasteiger partial charge in [0.05, 0.1) is 5.92 Å². The standard InChI is InChI=1S/C21H25N5O2/c1-13(2)19(21(27)28)18(20-23-25-26-24-20)11-14-3-7-16(8-4-14)17-9-5-15(12-22)6-10-17/h3-10,13,18-19H,11-12,22H2,1-2H3,(H,27,28)(H,23,24,25,26). The normalized spacial score (nSPS) is 13.4. The third-order valence-corrected chi connectivity index (χ3v) is 5.06. The van der Waals surface area contributed by atoms with E-state index in [1.54, 1.807) is 0 Å². The molecule has 2 aromatic carbocycles. The molecular weight excluding hydrogens is 354 g/mol. The second kappa shape index (κ2) is 8.75. The van der Waals surface area contributed by atoms with Crippen molar-refractivity contribution in [3.8, 4) is 11.1 Å². The first-order chi connectivity index (χ1) is 13.5. The largest absolute Gasteiger partial charge is 0.481 e. The van der Waals surface area contributed by atoms with Crippen LogP contribution in [0.15, 0.2) is 48.5 Å². The average Bonchev–Trinajstić information content (AvgIpc) is 3.22. The van der Waals surface area contributed by atoms with Gasteiger partial charge in [-0.15, -0.1) is 10.2 Å². The first-order valence-electron chi connectivity index (χ1n) is 9.34. The van der Waals surface area contributed by atoms with Crippen LogP contribution in [-0.2, 0) is 17.8 Å². The Morgan fingerprint density at radius 2 is 1.61 bits per heavy atom. The van der Waals surface area contributed by atoms with Crippen LogP contribution in [0.5, 0.6) is 0 Å². The summed E-state index contributed by atoms with van der Waals surface area (Å²) in [6.45, 7) is 4.33. The molecular formula is C21H25N5O2. The van der Waals surface area contributed by atoms with Crippen molar-refractivity contribution in [2.75, 3.05) is 0 Å². The zero-order chi connectivity index (χ0) is 20.1. The number of benzene rings is 2. The topological polar surface area (TPSA) is 118 Å². The molecule has 0 amide bonds. The quantitative estimate of drug-likeness (QED) is 0.554. The number of nitrogens with two attached hydrogens (primary N) is 1. The molecule has 0 fully saturated rings. The van der Waals surface area contributed by atoms with Crippen LogP contribution in [0, 0.1) is 11.8 Å². The van der Waals surface area contributed by atoms with Crippen molar-refractivity contribution in [3.63, 3.8) is 0 Å². The highest BCUT2D eigenvalue weighted by atomic mass is 16.4. The SMILES string of the molecule is CC(C)C(C(=O)O)C(Cc1ccc(-c2ccc(CN)cc2)cc1)c1nn[nH]n1. The van der Waals surface area contributed by atoms with Gasteiger partial charge < -0.3 is 10.8 Å². The van der Waals surface area contributed by atoms with Crippen molar-refractivity contribution in [3.05, 3.63) is 65.5 Å². The van der Waals surface area contributed by atoms with Crippen LogP contribution in [0.1, 0.15) is 36.7 Å². The molecule has 7 nitrogen and oxygen atoms in total. The van der Waals surface area contributed by atoms with E-state index >= 15 is 0 Å². The Balaban J connectivity index is 1.83. The summed E-state index contributed by atoms with van der Waals surface area (Å²) in [6, 6.07) is 16.3. The summed E-state index contributed by atoms with van der Waals surface area (Å²) in [6.07, 6.45) is 0.529. The van der Waals surface area contributed by atoms with E-state index in [1.165, 1.54) is 0 Å². The minimum absolute atomic E-state index is 0.0543. The average molecular weight is 379 g/mol. The number of nitrogens with one attached hydrogen (secondary N) is 1. The first kappa shape index (κ1) is 19.7. The summed E-state index contributed by atoms with van der Waals surface area (Å²) in [5, 5.41) is 23.9. The molecule has 0 radical (unpaired) electrons. The molecule has 0 saturated heterocycles. The van der Waals surface area contributed by atoms with E-state index in [4.69, 9.17) is 5.73 Å². The van der Waals surface area contributed by atoms with Crippen LogP contribution in [0.4, 0.5) is 0 Å². The third-order valence-electron chi connectivity index (χ3n) is 5.06. The van der Waals surface area contributed by atoms with Gasteiger partial charge in [0.25, 0.3) is 0 Å². The highest BCUT2D eigenvalue weighted by molar-refractivity contribution is 5.71. The fourth-order valence-corrected chi connectivity index (χ4v) is 3.55. The summed E-state index contributed by atoms with van der Waals surface area (Å²) in [4.78, 5) is 11.9. The molecule has 7 heteroatoms. The lowest BCUT2D eigenvalue weighted by molar-refractivity contribution is -0.144. The van der Waals surface area contributed by atoms with Crippen LogP contribution in [0.3, 0.4) is 0 Å². The van der Waals surface area contributed by atoms with Gasteiger partial charge in [0, 0.05) is 12.5 Å². The van der Waals surface area contributed by atoms with Gasteiger partial charge in [-0.05, 0) is 34.6 Å². The van der Waals surface area contributed by atoms with E-state index < -0.39 is 11.9 Å². The molecule has 0 aliphatic heterocycles. The van der Waals surface area contributed by atoms with Crippen molar-refractivity contribution in [2.45, 2.75) is 32.7 Å². The number of hydrogen-bond donors (Lipinski definition) is 3. The van der Waals surface area contributed by atoms with Gasteiger partial charge in [-0.2, -0.15) is 5.21 Å². The lowest BCUT2D eigenvalue weighted by Gasteiger charge is -2.24. The fraction of sp³-hybridized carbons (Fsp3) is 0.333. The van der Waals surface area contributed by atoms with Gasteiger partial charge in [0.15, 0.2) is 5.82 Å². The Morgan fingerprint density at radius 3 is 2.04 bits per heavy atom. The molecule has 0 saturated carbocycles. The maximum Gasteiger partial charge on any atom is 0.307 e. The molecule has 3 rings (SSSR count). The van der Waals surface area contributed by atoms with Crippen molar-refractivity contribution in [1.29, 1.82) is 0 Å². The highest BCUT2D eigenvalue weighted by Gasteiger charge is 2.34. The van der Waals surface area contributed by atoms with Crippen LogP contribution in [0.2, 0.25) is 0 Å². The number of rotatable bonds is 8. The number of carbonyl (C=O) groups is 1. The van der Waals surface area contributed by atoms with Crippen LogP contribution < -0.4 is 5.73 Å². The minimum atomic E-state index is -0.846. The number of tetrazole rings is 1. The molecule has 2 atom stereocenters. The molecule has 0 spiro atoms. The first-order valence-corrected chi connectivity index (χ1v) is 9.34. The molecule has 0 aliphatic rings. The van der Waals surface area contributed by atoms with Crippen LogP contribution in [0.25, 0.3) is 11.1 Å². The number of H-pyrrole nitrogens is 1. The second-order valence-corrected chi connectivity index (χ2v) is 7.29. The molecule has 2 unspecified atom stereocenters. The summed E-state index contributed by atoms with van der Waals surface area (Å²) >= 11 is 0. The zero-order valence-corrected chi connectivity index (χ0v) is 16.0. The summed E-state index contributed by atoms with van der Waals surface area (Å²) < 4.78 is 0. The molecule has 0 bridgehead atoms. The third kappa shape index (κ3) is 4.43. The van der Waals surface area contributed by atoms with Crippen molar-refractivity contribution in [1.82, 2.24) is 20.6 Å². The van der Waals surface area contributed by atoms with Crippen molar-refractivity contribution >= 4 is 5.97 Å². The molecule has 3 aromatic rings. The lowest BCUT2D eigenvalue weighted by Crippen LogP contribution is -2.29. The van der Waals surface area contributed by atoms with E-state index in [0.29, 0.717) is 18.8 Å². The van der Waals surface area contributed by atoms with Gasteiger partial charge in [-0.3, -0.25) is 4.79 Å².